The van der Waals surface area contributed by atoms with Gasteiger partial charge in [-0.15, -0.1) is 0 Å². The smallest absolute Gasteiger partial charge is 0.241 e. The molecule has 1 aromatic heterocycles. The van der Waals surface area contributed by atoms with Gasteiger partial charge in [-0.05, 0) is 30.7 Å². The maximum Gasteiger partial charge on any atom is 0.241 e. The van der Waals surface area contributed by atoms with E-state index in [-0.39, 0.29) is 5.91 Å². The van der Waals surface area contributed by atoms with E-state index in [0.717, 1.165) is 38.2 Å². The van der Waals surface area contributed by atoms with Crippen LogP contribution in [-0.4, -0.2) is 52.0 Å². The van der Waals surface area contributed by atoms with Crippen LogP contribution in [0.3, 0.4) is 0 Å². The molecule has 0 saturated carbocycles. The van der Waals surface area contributed by atoms with E-state index in [9.17, 15) is 4.79 Å². The number of hydrogen-bond donors (Lipinski definition) is 0. The predicted octanol–water partition coefficient (Wildman–Crippen LogP) is 2.44. The van der Waals surface area contributed by atoms with Crippen LogP contribution >= 0.6 is 11.6 Å². The molecule has 0 N–H and O–H groups in total. The van der Waals surface area contributed by atoms with Crippen molar-refractivity contribution in [1.82, 2.24) is 19.9 Å². The molecule has 0 aliphatic carbocycles. The highest BCUT2D eigenvalue weighted by Gasteiger charge is 2.18. The van der Waals surface area contributed by atoms with E-state index in [2.05, 4.69) is 15.0 Å². The first kappa shape index (κ1) is 16.0. The molecule has 0 spiro atoms. The van der Waals surface area contributed by atoms with E-state index < -0.39 is 0 Å². The van der Waals surface area contributed by atoms with Crippen LogP contribution in [0, 0.1) is 0 Å². The number of nitrogens with zero attached hydrogens (tertiary/aromatic N) is 4. The highest BCUT2D eigenvalue weighted by molar-refractivity contribution is 6.30. The van der Waals surface area contributed by atoms with Crippen LogP contribution in [0.25, 0.3) is 11.4 Å². The van der Waals surface area contributed by atoms with Crippen LogP contribution in [0.15, 0.2) is 28.8 Å². The Hall–Kier alpha value is -1.92. The predicted molar refractivity (Wildman–Crippen MR) is 86.9 cm³/mol. The number of halogens is 1. The zero-order chi connectivity index (χ0) is 16.2. The first-order valence-corrected chi connectivity index (χ1v) is 8.06. The molecule has 7 heteroatoms. The van der Waals surface area contributed by atoms with E-state index in [1.54, 1.807) is 19.1 Å². The monoisotopic (exact) mass is 334 g/mol. The van der Waals surface area contributed by atoms with Gasteiger partial charge in [-0.3, -0.25) is 9.69 Å². The summed E-state index contributed by atoms with van der Waals surface area (Å²) in [4.78, 5) is 20.0. The van der Waals surface area contributed by atoms with Gasteiger partial charge in [-0.25, -0.2) is 0 Å². The standard InChI is InChI=1S/C16H19ClN4O2/c1-12(22)21-8-2-7-20(9-10-21)11-15-18-16(19-23-15)13-3-5-14(17)6-4-13/h3-6H,2,7-11H2,1H3. The molecule has 23 heavy (non-hydrogen) atoms. The van der Waals surface area contributed by atoms with Gasteiger partial charge in [0.1, 0.15) is 0 Å². The van der Waals surface area contributed by atoms with Crippen LogP contribution in [0.1, 0.15) is 19.2 Å². The van der Waals surface area contributed by atoms with Gasteiger partial charge < -0.3 is 9.42 Å². The molecule has 0 unspecified atom stereocenters. The van der Waals surface area contributed by atoms with Crippen molar-refractivity contribution < 1.29 is 9.32 Å². The van der Waals surface area contributed by atoms with Crippen molar-refractivity contribution >= 4 is 17.5 Å². The molecule has 1 fully saturated rings. The zero-order valence-corrected chi connectivity index (χ0v) is 13.8. The molecule has 6 nitrogen and oxygen atoms in total. The number of benzene rings is 1. The molecule has 2 heterocycles. The Morgan fingerprint density at radius 1 is 1.22 bits per heavy atom. The van der Waals surface area contributed by atoms with Crippen molar-refractivity contribution in [2.45, 2.75) is 19.9 Å². The van der Waals surface area contributed by atoms with Gasteiger partial charge in [-0.2, -0.15) is 4.98 Å². The van der Waals surface area contributed by atoms with Crippen molar-refractivity contribution in [1.29, 1.82) is 0 Å². The van der Waals surface area contributed by atoms with Gasteiger partial charge in [0.15, 0.2) is 0 Å². The number of hydrogen-bond acceptors (Lipinski definition) is 5. The summed E-state index contributed by atoms with van der Waals surface area (Å²) in [5, 5.41) is 4.71. The Bertz CT molecular complexity index is 671. The minimum Gasteiger partial charge on any atom is -0.342 e. The fourth-order valence-corrected chi connectivity index (χ4v) is 2.80. The Morgan fingerprint density at radius 3 is 2.74 bits per heavy atom. The Balaban J connectivity index is 1.62. The lowest BCUT2D eigenvalue weighted by molar-refractivity contribution is -0.128. The number of rotatable bonds is 3. The highest BCUT2D eigenvalue weighted by atomic mass is 35.5. The lowest BCUT2D eigenvalue weighted by Gasteiger charge is -2.19. The van der Waals surface area contributed by atoms with E-state index in [4.69, 9.17) is 16.1 Å². The van der Waals surface area contributed by atoms with Crippen molar-refractivity contribution in [3.05, 3.63) is 35.2 Å². The normalized spacial score (nSPS) is 16.3. The van der Waals surface area contributed by atoms with E-state index >= 15 is 0 Å². The molecular weight excluding hydrogens is 316 g/mol. The Morgan fingerprint density at radius 2 is 2.00 bits per heavy atom. The number of carbonyl (C=O) groups excluding carboxylic acids is 1. The summed E-state index contributed by atoms with van der Waals surface area (Å²) in [7, 11) is 0. The highest BCUT2D eigenvalue weighted by Crippen LogP contribution is 2.19. The summed E-state index contributed by atoms with van der Waals surface area (Å²) in [5.74, 6) is 1.29. The Kier molecular flexibility index (Phi) is 4.93. The van der Waals surface area contributed by atoms with E-state index in [1.807, 2.05) is 17.0 Å². The molecule has 3 rings (SSSR count). The van der Waals surface area contributed by atoms with Crippen LogP contribution in [0.2, 0.25) is 5.02 Å². The fraction of sp³-hybridized carbons (Fsp3) is 0.438. The molecular formula is C16H19ClN4O2. The summed E-state index contributed by atoms with van der Waals surface area (Å²) < 4.78 is 5.35. The van der Waals surface area contributed by atoms with E-state index in [1.165, 1.54) is 0 Å². The van der Waals surface area contributed by atoms with Crippen molar-refractivity contribution in [3.63, 3.8) is 0 Å². The van der Waals surface area contributed by atoms with Gasteiger partial charge in [0.05, 0.1) is 6.54 Å². The largest absolute Gasteiger partial charge is 0.342 e. The van der Waals surface area contributed by atoms with Crippen molar-refractivity contribution in [2.75, 3.05) is 26.2 Å². The minimum absolute atomic E-state index is 0.134. The average molecular weight is 335 g/mol. The van der Waals surface area contributed by atoms with E-state index in [0.29, 0.717) is 23.3 Å². The first-order chi connectivity index (χ1) is 11.1. The lowest BCUT2D eigenvalue weighted by Crippen LogP contribution is -2.33. The summed E-state index contributed by atoms with van der Waals surface area (Å²) in [6.07, 6.45) is 0.956. The maximum atomic E-state index is 11.5. The van der Waals surface area contributed by atoms with Gasteiger partial charge in [0.2, 0.25) is 17.6 Å². The first-order valence-electron chi connectivity index (χ1n) is 7.68. The molecule has 1 aliphatic rings. The van der Waals surface area contributed by atoms with Gasteiger partial charge >= 0.3 is 0 Å². The number of aromatic nitrogens is 2. The molecule has 0 atom stereocenters. The minimum atomic E-state index is 0.134. The zero-order valence-electron chi connectivity index (χ0n) is 13.0. The second-order valence-electron chi connectivity index (χ2n) is 5.65. The van der Waals surface area contributed by atoms with Crippen LogP contribution in [0.4, 0.5) is 0 Å². The molecule has 1 aliphatic heterocycles. The summed E-state index contributed by atoms with van der Waals surface area (Å²) >= 11 is 5.88. The lowest BCUT2D eigenvalue weighted by atomic mass is 10.2. The SMILES string of the molecule is CC(=O)N1CCCN(Cc2nc(-c3ccc(Cl)cc3)no2)CC1. The van der Waals surface area contributed by atoms with Gasteiger partial charge in [-0.1, -0.05) is 16.8 Å². The van der Waals surface area contributed by atoms with Crippen molar-refractivity contribution in [2.24, 2.45) is 0 Å². The summed E-state index contributed by atoms with van der Waals surface area (Å²) in [6.45, 7) is 5.51. The third-order valence-electron chi connectivity index (χ3n) is 3.96. The molecule has 1 amide bonds. The van der Waals surface area contributed by atoms with Crippen LogP contribution in [-0.2, 0) is 11.3 Å². The molecule has 0 bridgehead atoms. The average Bonchev–Trinajstić information content (AvgIpc) is 2.86. The quantitative estimate of drug-likeness (QED) is 0.862. The maximum absolute atomic E-state index is 11.5. The summed E-state index contributed by atoms with van der Waals surface area (Å²) in [6, 6.07) is 7.34. The third-order valence-corrected chi connectivity index (χ3v) is 4.22. The molecule has 122 valence electrons. The van der Waals surface area contributed by atoms with Gasteiger partial charge in [0, 0.05) is 43.7 Å². The fourth-order valence-electron chi connectivity index (χ4n) is 2.67. The Labute approximate surface area is 140 Å². The molecule has 2 aromatic rings. The second kappa shape index (κ2) is 7.10. The molecule has 1 saturated heterocycles. The third kappa shape index (κ3) is 4.09. The number of amides is 1. The van der Waals surface area contributed by atoms with Gasteiger partial charge in [0.25, 0.3) is 0 Å². The molecule has 1 aromatic carbocycles. The van der Waals surface area contributed by atoms with Crippen molar-refractivity contribution in [3.8, 4) is 11.4 Å². The van der Waals surface area contributed by atoms with Crippen LogP contribution in [0.5, 0.6) is 0 Å². The van der Waals surface area contributed by atoms with Crippen LogP contribution < -0.4 is 0 Å². The second-order valence-corrected chi connectivity index (χ2v) is 6.09. The topological polar surface area (TPSA) is 62.5 Å². The number of carbonyl (C=O) groups is 1. The summed E-state index contributed by atoms with van der Waals surface area (Å²) in [5.41, 5.74) is 0.878. The molecule has 0 radical (unpaired) electrons.